The second-order valence-corrected chi connectivity index (χ2v) is 2.66. The molecular formula is C8H9N5O2. The van der Waals surface area contributed by atoms with E-state index in [2.05, 4.69) is 15.7 Å². The lowest BCUT2D eigenvalue weighted by atomic mass is 10.2. The van der Waals surface area contributed by atoms with E-state index in [0.29, 0.717) is 0 Å². The average Bonchev–Trinajstić information content (AvgIpc) is 2.27. The van der Waals surface area contributed by atoms with Crippen molar-refractivity contribution in [2.24, 2.45) is 21.4 Å². The van der Waals surface area contributed by atoms with Crippen molar-refractivity contribution < 1.29 is 0 Å². The zero-order chi connectivity index (χ0) is 11.1. The molecule has 15 heavy (non-hydrogen) atoms. The lowest BCUT2D eigenvalue weighted by Crippen LogP contribution is -2.31. The molecule has 0 spiro atoms. The molecule has 0 saturated carbocycles. The van der Waals surface area contributed by atoms with Crippen LogP contribution in [0.5, 0.6) is 0 Å². The van der Waals surface area contributed by atoms with Crippen molar-refractivity contribution in [3.63, 3.8) is 0 Å². The molecule has 7 nitrogen and oxygen atoms in total. The third-order valence-electron chi connectivity index (χ3n) is 1.68. The van der Waals surface area contributed by atoms with Crippen LogP contribution < -0.4 is 5.73 Å². The van der Waals surface area contributed by atoms with Gasteiger partial charge >= 0.3 is 0 Å². The minimum absolute atomic E-state index is 0.148. The van der Waals surface area contributed by atoms with Crippen molar-refractivity contribution in [3.8, 4) is 0 Å². The van der Waals surface area contributed by atoms with Crippen LogP contribution in [0.3, 0.4) is 0 Å². The first kappa shape index (κ1) is 10.8. The molecule has 1 rings (SSSR count). The molecule has 78 valence electrons. The minimum atomic E-state index is -0.330. The van der Waals surface area contributed by atoms with E-state index in [1.54, 1.807) is 12.1 Å². The topological polar surface area (TPSA) is 100 Å². The summed E-state index contributed by atoms with van der Waals surface area (Å²) in [4.78, 5) is 20.2. The average molecular weight is 207 g/mol. The van der Waals surface area contributed by atoms with Gasteiger partial charge in [-0.25, -0.2) is 0 Å². The van der Waals surface area contributed by atoms with Crippen molar-refractivity contribution in [2.45, 2.75) is 6.54 Å². The summed E-state index contributed by atoms with van der Waals surface area (Å²) in [5.74, 6) is -0.330. The molecular weight excluding hydrogens is 198 g/mol. The number of hydrogen-bond acceptors (Lipinski definition) is 4. The quantitative estimate of drug-likeness (QED) is 0.346. The first-order chi connectivity index (χ1) is 7.27. The Balaban J connectivity index is 2.74. The number of hydrogen-bond donors (Lipinski definition) is 1. The van der Waals surface area contributed by atoms with Crippen LogP contribution in [-0.2, 0) is 6.54 Å². The third kappa shape index (κ3) is 3.14. The monoisotopic (exact) mass is 207 g/mol. The highest BCUT2D eigenvalue weighted by molar-refractivity contribution is 5.77. The molecule has 0 aliphatic heterocycles. The zero-order valence-electron chi connectivity index (χ0n) is 7.78. The van der Waals surface area contributed by atoms with Crippen LogP contribution in [0.15, 0.2) is 46.0 Å². The molecule has 0 aliphatic carbocycles. The van der Waals surface area contributed by atoms with Gasteiger partial charge in [0.1, 0.15) is 0 Å². The molecule has 0 aliphatic rings. The summed E-state index contributed by atoms with van der Waals surface area (Å²) < 4.78 is 0. The Kier molecular flexibility index (Phi) is 3.90. The molecule has 7 heteroatoms. The van der Waals surface area contributed by atoms with E-state index in [-0.39, 0.29) is 12.5 Å². The maximum Gasteiger partial charge on any atom is 0.243 e. The van der Waals surface area contributed by atoms with E-state index in [1.807, 2.05) is 18.2 Å². The summed E-state index contributed by atoms with van der Waals surface area (Å²) in [5.41, 5.74) is 6.10. The van der Waals surface area contributed by atoms with E-state index in [1.165, 1.54) is 0 Å². The summed E-state index contributed by atoms with van der Waals surface area (Å²) >= 11 is 0. The van der Waals surface area contributed by atoms with Gasteiger partial charge in [-0.3, -0.25) is 0 Å². The van der Waals surface area contributed by atoms with Gasteiger partial charge in [0.05, 0.1) is 17.1 Å². The number of nitrogens with two attached hydrogens (primary N) is 1. The molecule has 0 aromatic heterocycles. The predicted molar refractivity (Wildman–Crippen MR) is 55.2 cm³/mol. The van der Waals surface area contributed by atoms with Gasteiger partial charge in [0.25, 0.3) is 0 Å². The van der Waals surface area contributed by atoms with Gasteiger partial charge in [0, 0.05) is 0 Å². The van der Waals surface area contributed by atoms with Gasteiger partial charge in [0.2, 0.25) is 5.96 Å². The van der Waals surface area contributed by atoms with Crippen molar-refractivity contribution in [1.29, 1.82) is 0 Å². The number of nitrogens with zero attached hydrogens (tertiary/aromatic N) is 4. The van der Waals surface area contributed by atoms with Crippen LogP contribution >= 0.6 is 0 Å². The van der Waals surface area contributed by atoms with Crippen LogP contribution in [0, 0.1) is 9.81 Å². The van der Waals surface area contributed by atoms with Gasteiger partial charge in [0.15, 0.2) is 0 Å². The van der Waals surface area contributed by atoms with Gasteiger partial charge < -0.3 is 5.73 Å². The molecule has 0 unspecified atom stereocenters. The van der Waals surface area contributed by atoms with E-state index >= 15 is 0 Å². The largest absolute Gasteiger partial charge is 0.367 e. The number of guanidine groups is 1. The SMILES string of the molecule is NC(=NN=O)N(Cc1ccccc1)N=O. The zero-order valence-corrected chi connectivity index (χ0v) is 7.78. The van der Waals surface area contributed by atoms with Crippen molar-refractivity contribution in [3.05, 3.63) is 45.7 Å². The van der Waals surface area contributed by atoms with E-state index < -0.39 is 0 Å². The summed E-state index contributed by atoms with van der Waals surface area (Å²) in [7, 11) is 0. The Hall–Kier alpha value is -2.31. The first-order valence-corrected chi connectivity index (χ1v) is 4.08. The highest BCUT2D eigenvalue weighted by atomic mass is 16.3. The molecule has 1 aromatic carbocycles. The Labute approximate surface area is 85.5 Å². The Bertz CT molecular complexity index is 365. The molecule has 0 atom stereocenters. The maximum atomic E-state index is 10.4. The number of benzene rings is 1. The van der Waals surface area contributed by atoms with E-state index in [9.17, 15) is 9.81 Å². The van der Waals surface area contributed by atoms with Gasteiger partial charge in [-0.2, -0.15) is 5.01 Å². The second-order valence-electron chi connectivity index (χ2n) is 2.66. The van der Waals surface area contributed by atoms with Crippen LogP contribution in [0.1, 0.15) is 5.56 Å². The molecule has 0 saturated heterocycles. The standard InChI is InChI=1S/C8H9N5O2/c9-8(10-11-14)13(12-15)6-7-4-2-1-3-5-7/h1-5H,6H2,(H2,9,10,14). The lowest BCUT2D eigenvalue weighted by Gasteiger charge is -2.11. The Morgan fingerprint density at radius 2 is 1.93 bits per heavy atom. The minimum Gasteiger partial charge on any atom is -0.367 e. The fraction of sp³-hybridized carbons (Fsp3) is 0.125. The molecule has 0 amide bonds. The van der Waals surface area contributed by atoms with Gasteiger partial charge in [-0.05, 0) is 5.56 Å². The molecule has 0 radical (unpaired) electrons. The second kappa shape index (κ2) is 5.43. The first-order valence-electron chi connectivity index (χ1n) is 4.08. The summed E-state index contributed by atoms with van der Waals surface area (Å²) in [6.45, 7) is 0.148. The summed E-state index contributed by atoms with van der Waals surface area (Å²) in [6, 6.07) is 9.04. The number of rotatable bonds is 4. The van der Waals surface area contributed by atoms with E-state index in [4.69, 9.17) is 5.73 Å². The molecule has 0 fully saturated rings. The highest BCUT2D eigenvalue weighted by Gasteiger charge is 2.08. The third-order valence-corrected chi connectivity index (χ3v) is 1.68. The molecule has 2 N–H and O–H groups in total. The molecule has 0 heterocycles. The highest BCUT2D eigenvalue weighted by Crippen LogP contribution is 2.04. The van der Waals surface area contributed by atoms with E-state index in [0.717, 1.165) is 10.6 Å². The smallest absolute Gasteiger partial charge is 0.243 e. The van der Waals surface area contributed by atoms with Crippen LogP contribution in [0.2, 0.25) is 0 Å². The summed E-state index contributed by atoms with van der Waals surface area (Å²) in [6.07, 6.45) is 0. The predicted octanol–water partition coefficient (Wildman–Crippen LogP) is 1.17. The number of nitroso groups, excluding NO2 is 2. The fourth-order valence-corrected chi connectivity index (χ4v) is 1.00. The van der Waals surface area contributed by atoms with Crippen LogP contribution in [0.4, 0.5) is 0 Å². The van der Waals surface area contributed by atoms with Crippen LogP contribution in [0.25, 0.3) is 0 Å². The molecule has 0 bridgehead atoms. The van der Waals surface area contributed by atoms with Crippen molar-refractivity contribution in [1.82, 2.24) is 5.01 Å². The molecule has 1 aromatic rings. The maximum absolute atomic E-state index is 10.4. The summed E-state index contributed by atoms with van der Waals surface area (Å²) in [5, 5.41) is 8.68. The van der Waals surface area contributed by atoms with Crippen LogP contribution in [-0.4, -0.2) is 11.0 Å². The Morgan fingerprint density at radius 3 is 2.47 bits per heavy atom. The Morgan fingerprint density at radius 1 is 1.27 bits per heavy atom. The fourth-order valence-electron chi connectivity index (χ4n) is 1.00. The van der Waals surface area contributed by atoms with Gasteiger partial charge in [-0.15, -0.1) is 9.81 Å². The van der Waals surface area contributed by atoms with Crippen molar-refractivity contribution in [2.75, 3.05) is 0 Å². The lowest BCUT2D eigenvalue weighted by molar-refractivity contribution is 0.426. The normalized spacial score (nSPS) is 10.8. The van der Waals surface area contributed by atoms with Crippen molar-refractivity contribution >= 4 is 5.96 Å². The van der Waals surface area contributed by atoms with Gasteiger partial charge in [-0.1, -0.05) is 35.4 Å².